The number of hydrogen-bond acceptors (Lipinski definition) is 6. The lowest BCUT2D eigenvalue weighted by Gasteiger charge is -2.10. The van der Waals surface area contributed by atoms with Crippen molar-refractivity contribution in [2.45, 2.75) is 19.5 Å². The van der Waals surface area contributed by atoms with Crippen molar-refractivity contribution in [2.24, 2.45) is 0 Å². The summed E-state index contributed by atoms with van der Waals surface area (Å²) >= 11 is 0. The first-order chi connectivity index (χ1) is 15.8. The molecule has 0 aliphatic carbocycles. The van der Waals surface area contributed by atoms with E-state index < -0.39 is 0 Å². The predicted molar refractivity (Wildman–Crippen MR) is 118 cm³/mol. The minimum absolute atomic E-state index is 0.161. The SMILES string of the molecule is O=C(NCCCn1ccnc1)c1cc(-c2cccnc2)nc2c1cnn2Cc1ccco1. The van der Waals surface area contributed by atoms with Crippen molar-refractivity contribution in [3.8, 4) is 11.3 Å². The molecule has 32 heavy (non-hydrogen) atoms. The normalized spacial score (nSPS) is 11.1. The number of furan rings is 1. The highest BCUT2D eigenvalue weighted by molar-refractivity contribution is 6.06. The topological polar surface area (TPSA) is 104 Å². The van der Waals surface area contributed by atoms with Crippen LogP contribution in [0.1, 0.15) is 22.5 Å². The van der Waals surface area contributed by atoms with E-state index in [4.69, 9.17) is 9.40 Å². The van der Waals surface area contributed by atoms with Gasteiger partial charge in [0.1, 0.15) is 12.3 Å². The number of imidazole rings is 1. The molecule has 0 unspecified atom stereocenters. The highest BCUT2D eigenvalue weighted by atomic mass is 16.3. The van der Waals surface area contributed by atoms with Crippen LogP contribution < -0.4 is 5.32 Å². The first-order valence-electron chi connectivity index (χ1n) is 10.3. The lowest BCUT2D eigenvalue weighted by Crippen LogP contribution is -2.25. The van der Waals surface area contributed by atoms with Crippen LogP contribution in [0.15, 0.2) is 78.3 Å². The van der Waals surface area contributed by atoms with Crippen molar-refractivity contribution in [2.75, 3.05) is 6.54 Å². The van der Waals surface area contributed by atoms with E-state index in [-0.39, 0.29) is 5.91 Å². The minimum atomic E-state index is -0.161. The average molecular weight is 427 g/mol. The van der Waals surface area contributed by atoms with Crippen molar-refractivity contribution < 1.29 is 9.21 Å². The molecule has 5 aromatic rings. The number of nitrogens with one attached hydrogen (secondary N) is 1. The quantitative estimate of drug-likeness (QED) is 0.382. The summed E-state index contributed by atoms with van der Waals surface area (Å²) in [5.74, 6) is 0.597. The van der Waals surface area contributed by atoms with Crippen LogP contribution in [0.4, 0.5) is 0 Å². The molecule has 0 saturated carbocycles. The van der Waals surface area contributed by atoms with Gasteiger partial charge in [0.2, 0.25) is 0 Å². The number of hydrogen-bond donors (Lipinski definition) is 1. The van der Waals surface area contributed by atoms with Gasteiger partial charge in [-0.05, 0) is 36.8 Å². The van der Waals surface area contributed by atoms with E-state index in [0.717, 1.165) is 24.3 Å². The molecule has 0 aromatic carbocycles. The van der Waals surface area contributed by atoms with Gasteiger partial charge in [-0.1, -0.05) is 0 Å². The number of aromatic nitrogens is 6. The summed E-state index contributed by atoms with van der Waals surface area (Å²) in [6, 6.07) is 9.27. The van der Waals surface area contributed by atoms with Gasteiger partial charge in [-0.2, -0.15) is 5.10 Å². The van der Waals surface area contributed by atoms with E-state index in [0.29, 0.717) is 35.4 Å². The molecule has 160 valence electrons. The summed E-state index contributed by atoms with van der Waals surface area (Å²) in [5, 5.41) is 8.17. The summed E-state index contributed by atoms with van der Waals surface area (Å²) in [6.45, 7) is 1.75. The molecule has 0 spiro atoms. The Kier molecular flexibility index (Phi) is 5.44. The molecule has 5 heterocycles. The second-order valence-corrected chi connectivity index (χ2v) is 7.33. The van der Waals surface area contributed by atoms with Crippen LogP contribution in [0.25, 0.3) is 22.3 Å². The fourth-order valence-corrected chi connectivity index (χ4v) is 3.54. The Balaban J connectivity index is 1.44. The lowest BCUT2D eigenvalue weighted by atomic mass is 10.1. The number of fused-ring (bicyclic) bond motifs is 1. The zero-order chi connectivity index (χ0) is 21.8. The fraction of sp³-hybridized carbons (Fsp3) is 0.174. The van der Waals surface area contributed by atoms with Gasteiger partial charge in [0, 0.05) is 43.4 Å². The zero-order valence-electron chi connectivity index (χ0n) is 17.3. The molecule has 9 nitrogen and oxygen atoms in total. The van der Waals surface area contributed by atoms with Gasteiger partial charge in [-0.15, -0.1) is 0 Å². The monoisotopic (exact) mass is 427 g/mol. The van der Waals surface area contributed by atoms with Gasteiger partial charge < -0.3 is 14.3 Å². The highest BCUT2D eigenvalue weighted by Crippen LogP contribution is 2.25. The van der Waals surface area contributed by atoms with Crippen LogP contribution in [0.5, 0.6) is 0 Å². The standard InChI is InChI=1S/C23H21N7O2/c31-23(26-7-3-9-29-10-8-25-16-29)19-12-21(17-4-1-6-24-13-17)28-22-20(19)14-27-30(22)15-18-5-2-11-32-18/h1-2,4-6,8,10-14,16H,3,7,9,15H2,(H,26,31). The molecule has 5 aromatic heterocycles. The molecule has 5 rings (SSSR count). The van der Waals surface area contributed by atoms with E-state index in [1.54, 1.807) is 48.1 Å². The molecule has 0 aliphatic heterocycles. The molecule has 1 amide bonds. The third-order valence-electron chi connectivity index (χ3n) is 5.13. The molecule has 9 heteroatoms. The Morgan fingerprint density at radius 2 is 2.09 bits per heavy atom. The average Bonchev–Trinajstić information content (AvgIpc) is 3.60. The number of amides is 1. The van der Waals surface area contributed by atoms with E-state index >= 15 is 0 Å². The Labute approximate surface area is 183 Å². The smallest absolute Gasteiger partial charge is 0.252 e. The van der Waals surface area contributed by atoms with Crippen LogP contribution in [-0.4, -0.2) is 41.8 Å². The Morgan fingerprint density at radius 3 is 2.88 bits per heavy atom. The molecule has 0 fully saturated rings. The number of rotatable bonds is 8. The Hall–Kier alpha value is -4.27. The summed E-state index contributed by atoms with van der Waals surface area (Å²) in [5.41, 5.74) is 2.64. The predicted octanol–water partition coefficient (Wildman–Crippen LogP) is 3.15. The van der Waals surface area contributed by atoms with Gasteiger partial charge in [0.15, 0.2) is 5.65 Å². The summed E-state index contributed by atoms with van der Waals surface area (Å²) in [4.78, 5) is 26.1. The van der Waals surface area contributed by atoms with E-state index in [9.17, 15) is 4.79 Å². The second-order valence-electron chi connectivity index (χ2n) is 7.33. The minimum Gasteiger partial charge on any atom is -0.467 e. The van der Waals surface area contributed by atoms with Gasteiger partial charge >= 0.3 is 0 Å². The van der Waals surface area contributed by atoms with Crippen LogP contribution in [0.2, 0.25) is 0 Å². The summed E-state index contributed by atoms with van der Waals surface area (Å²) in [7, 11) is 0. The number of pyridine rings is 2. The molecular weight excluding hydrogens is 406 g/mol. The maximum Gasteiger partial charge on any atom is 0.252 e. The molecule has 0 bridgehead atoms. The van der Waals surface area contributed by atoms with Gasteiger partial charge in [-0.3, -0.25) is 9.78 Å². The number of carbonyl (C=O) groups excluding carboxylic acids is 1. The van der Waals surface area contributed by atoms with E-state index in [1.165, 1.54) is 0 Å². The molecule has 0 aliphatic rings. The first-order valence-corrected chi connectivity index (χ1v) is 10.3. The van der Waals surface area contributed by atoms with E-state index in [2.05, 4.69) is 20.4 Å². The molecule has 0 radical (unpaired) electrons. The van der Waals surface area contributed by atoms with Crippen LogP contribution in [-0.2, 0) is 13.1 Å². The molecule has 1 N–H and O–H groups in total. The first kappa shape index (κ1) is 19.7. The number of carbonyl (C=O) groups is 1. The van der Waals surface area contributed by atoms with E-state index in [1.807, 2.05) is 35.0 Å². The Bertz CT molecular complexity index is 1310. The number of nitrogens with zero attached hydrogens (tertiary/aromatic N) is 6. The van der Waals surface area contributed by atoms with Crippen molar-refractivity contribution in [3.05, 3.63) is 85.2 Å². The summed E-state index contributed by atoms with van der Waals surface area (Å²) in [6.07, 6.45) is 12.9. The third kappa shape index (κ3) is 4.13. The molecule has 0 saturated heterocycles. The number of aryl methyl sites for hydroxylation is 1. The highest BCUT2D eigenvalue weighted by Gasteiger charge is 2.18. The van der Waals surface area contributed by atoms with Crippen molar-refractivity contribution in [1.29, 1.82) is 0 Å². The maximum absolute atomic E-state index is 13.1. The maximum atomic E-state index is 13.1. The largest absolute Gasteiger partial charge is 0.467 e. The molecular formula is C23H21N7O2. The van der Waals surface area contributed by atoms with Crippen molar-refractivity contribution >= 4 is 16.9 Å². The van der Waals surface area contributed by atoms with Gasteiger partial charge in [0.25, 0.3) is 5.91 Å². The van der Waals surface area contributed by atoms with Gasteiger partial charge in [0.05, 0.1) is 35.4 Å². The van der Waals surface area contributed by atoms with Gasteiger partial charge in [-0.25, -0.2) is 14.6 Å². The lowest BCUT2D eigenvalue weighted by molar-refractivity contribution is 0.0954. The van der Waals surface area contributed by atoms with Crippen molar-refractivity contribution in [3.63, 3.8) is 0 Å². The molecule has 0 atom stereocenters. The van der Waals surface area contributed by atoms with Crippen LogP contribution >= 0.6 is 0 Å². The second kappa shape index (κ2) is 8.84. The fourth-order valence-electron chi connectivity index (χ4n) is 3.54. The zero-order valence-corrected chi connectivity index (χ0v) is 17.3. The third-order valence-corrected chi connectivity index (χ3v) is 5.13. The van der Waals surface area contributed by atoms with Crippen LogP contribution in [0.3, 0.4) is 0 Å². The van der Waals surface area contributed by atoms with Crippen molar-refractivity contribution in [1.82, 2.24) is 34.6 Å². The summed E-state index contributed by atoms with van der Waals surface area (Å²) < 4.78 is 9.18. The Morgan fingerprint density at radius 1 is 1.12 bits per heavy atom. The van der Waals surface area contributed by atoms with Crippen LogP contribution in [0, 0.1) is 0 Å².